The molecule has 1 saturated heterocycles. The molecule has 24 heavy (non-hydrogen) atoms. The fraction of sp³-hybridized carbons (Fsp3) is 0.471. The smallest absolute Gasteiger partial charge is 0.236 e. The lowest BCUT2D eigenvalue weighted by Gasteiger charge is -2.41. The maximum atomic E-state index is 12.1. The summed E-state index contributed by atoms with van der Waals surface area (Å²) in [6, 6.07) is 4.26. The number of piperidine rings is 1. The summed E-state index contributed by atoms with van der Waals surface area (Å²) >= 11 is 0. The lowest BCUT2D eigenvalue weighted by atomic mass is 9.92. The Morgan fingerprint density at radius 3 is 3.25 bits per heavy atom. The van der Waals surface area contributed by atoms with Gasteiger partial charge in [0.1, 0.15) is 6.42 Å². The molecule has 124 valence electrons. The van der Waals surface area contributed by atoms with Crippen LogP contribution in [-0.2, 0) is 4.79 Å². The molecule has 7 heteroatoms. The number of anilines is 1. The average Bonchev–Trinajstić information content (AvgIpc) is 3.21. The van der Waals surface area contributed by atoms with Crippen molar-refractivity contribution >= 4 is 23.6 Å². The number of nitrogens with one attached hydrogen (secondary N) is 1. The minimum Gasteiger partial charge on any atom is -0.353 e. The van der Waals surface area contributed by atoms with E-state index in [0.29, 0.717) is 12.5 Å². The van der Waals surface area contributed by atoms with Crippen molar-refractivity contribution in [1.82, 2.24) is 14.8 Å². The van der Waals surface area contributed by atoms with E-state index in [9.17, 15) is 4.79 Å². The molecular formula is C17H20N6O. The summed E-state index contributed by atoms with van der Waals surface area (Å²) in [5.41, 5.74) is 2.17. The third-order valence-corrected chi connectivity index (χ3v) is 5.16. The normalized spacial score (nSPS) is 25.2. The Morgan fingerprint density at radius 1 is 1.54 bits per heavy atom. The van der Waals surface area contributed by atoms with Crippen LogP contribution in [0.4, 0.5) is 11.5 Å². The second kappa shape index (κ2) is 5.71. The summed E-state index contributed by atoms with van der Waals surface area (Å²) < 4.78 is 0. The molecule has 0 aliphatic carbocycles. The number of fused-ring (bicyclic) bond motifs is 3. The quantitative estimate of drug-likeness (QED) is 0.900. The average molecular weight is 324 g/mol. The minimum atomic E-state index is -0.0616. The Bertz CT molecular complexity index is 757. The van der Waals surface area contributed by atoms with E-state index < -0.39 is 0 Å². The molecular weight excluding hydrogens is 304 g/mol. The SMILES string of the molecule is C[C@@H]1CCN(C(=O)CC#N)CC1N1C=C2C=Nc3[nH]ccc3N2C1. The van der Waals surface area contributed by atoms with Crippen molar-refractivity contribution in [2.75, 3.05) is 24.7 Å². The van der Waals surface area contributed by atoms with E-state index in [1.54, 1.807) is 0 Å². The molecule has 0 bridgehead atoms. The Balaban J connectivity index is 1.52. The highest BCUT2D eigenvalue weighted by molar-refractivity contribution is 5.93. The van der Waals surface area contributed by atoms with E-state index in [1.807, 2.05) is 29.4 Å². The molecule has 1 aromatic heterocycles. The summed E-state index contributed by atoms with van der Waals surface area (Å²) in [4.78, 5) is 26.0. The molecule has 2 atom stereocenters. The number of aliphatic imine (C=N–C) groups is 1. The van der Waals surface area contributed by atoms with Crippen LogP contribution in [0.5, 0.6) is 0 Å². The standard InChI is InChI=1S/C17H20N6O/c1-12-4-7-21(16(24)2-5-18)10-15(12)22-9-13-8-20-17-14(3-6-19-17)23(13)11-22/h3,6,8-9,12,15,19H,2,4,7,10-11H2,1H3/t12-,15?/m1/s1. The molecule has 0 spiro atoms. The molecule has 0 aromatic carbocycles. The molecule has 1 aromatic rings. The first-order valence-electron chi connectivity index (χ1n) is 8.28. The molecule has 3 aliphatic rings. The molecule has 3 aliphatic heterocycles. The number of amides is 1. The lowest BCUT2D eigenvalue weighted by Crippen LogP contribution is -2.52. The number of carbonyl (C=O) groups excluding carboxylic acids is 1. The van der Waals surface area contributed by atoms with Crippen LogP contribution >= 0.6 is 0 Å². The highest BCUT2D eigenvalue weighted by atomic mass is 16.2. The molecule has 1 amide bonds. The van der Waals surface area contributed by atoms with E-state index in [0.717, 1.165) is 36.8 Å². The van der Waals surface area contributed by atoms with Crippen LogP contribution in [0.2, 0.25) is 0 Å². The second-order valence-corrected chi connectivity index (χ2v) is 6.62. The molecule has 0 saturated carbocycles. The number of nitrogens with zero attached hydrogens (tertiary/aromatic N) is 5. The van der Waals surface area contributed by atoms with Gasteiger partial charge in [-0.3, -0.25) is 4.79 Å². The second-order valence-electron chi connectivity index (χ2n) is 6.62. The van der Waals surface area contributed by atoms with Crippen LogP contribution < -0.4 is 4.90 Å². The third kappa shape index (κ3) is 2.35. The number of likely N-dealkylation sites (tertiary alicyclic amines) is 1. The summed E-state index contributed by atoms with van der Waals surface area (Å²) in [6.45, 7) is 4.43. The van der Waals surface area contributed by atoms with Gasteiger partial charge in [-0.1, -0.05) is 6.92 Å². The van der Waals surface area contributed by atoms with Crippen LogP contribution in [0.1, 0.15) is 19.8 Å². The van der Waals surface area contributed by atoms with Crippen LogP contribution in [0.25, 0.3) is 0 Å². The highest BCUT2D eigenvalue weighted by Crippen LogP contribution is 2.37. The Morgan fingerprint density at radius 2 is 2.42 bits per heavy atom. The van der Waals surface area contributed by atoms with Gasteiger partial charge in [0.25, 0.3) is 0 Å². The molecule has 1 unspecified atom stereocenters. The number of aromatic amines is 1. The number of H-pyrrole nitrogens is 1. The van der Waals surface area contributed by atoms with Gasteiger partial charge in [-0.2, -0.15) is 5.26 Å². The summed E-state index contributed by atoms with van der Waals surface area (Å²) in [6.07, 6.45) is 6.85. The van der Waals surface area contributed by atoms with Gasteiger partial charge in [0, 0.05) is 25.5 Å². The maximum absolute atomic E-state index is 12.1. The number of carbonyl (C=O) groups is 1. The number of rotatable bonds is 2. The Kier molecular flexibility index (Phi) is 3.53. The Labute approximate surface area is 140 Å². The van der Waals surface area contributed by atoms with Gasteiger partial charge < -0.3 is 19.7 Å². The fourth-order valence-electron chi connectivity index (χ4n) is 3.74. The van der Waals surface area contributed by atoms with Gasteiger partial charge in [-0.05, 0) is 18.4 Å². The number of allylic oxidation sites excluding steroid dienone is 1. The Hall–Kier alpha value is -2.75. The first-order valence-corrected chi connectivity index (χ1v) is 8.28. The van der Waals surface area contributed by atoms with E-state index in [4.69, 9.17) is 5.26 Å². The molecule has 0 radical (unpaired) electrons. The van der Waals surface area contributed by atoms with Crippen LogP contribution in [-0.4, -0.2) is 52.7 Å². The number of aromatic nitrogens is 1. The van der Waals surface area contributed by atoms with Gasteiger partial charge in [0.05, 0.1) is 36.4 Å². The summed E-state index contributed by atoms with van der Waals surface area (Å²) in [7, 11) is 0. The van der Waals surface area contributed by atoms with Gasteiger partial charge in [0.2, 0.25) is 5.91 Å². The zero-order chi connectivity index (χ0) is 16.7. The highest BCUT2D eigenvalue weighted by Gasteiger charge is 2.36. The van der Waals surface area contributed by atoms with Crippen molar-refractivity contribution in [2.24, 2.45) is 10.9 Å². The van der Waals surface area contributed by atoms with Crippen molar-refractivity contribution < 1.29 is 4.79 Å². The van der Waals surface area contributed by atoms with Crippen molar-refractivity contribution in [3.8, 4) is 6.07 Å². The molecule has 4 heterocycles. The summed E-state index contributed by atoms with van der Waals surface area (Å²) in [5, 5.41) is 8.77. The predicted molar refractivity (Wildman–Crippen MR) is 90.6 cm³/mol. The monoisotopic (exact) mass is 324 g/mol. The number of hydrogen-bond donors (Lipinski definition) is 1. The fourth-order valence-corrected chi connectivity index (χ4v) is 3.74. The van der Waals surface area contributed by atoms with Crippen LogP contribution in [0.15, 0.2) is 29.2 Å². The topological polar surface area (TPSA) is 78.7 Å². The van der Waals surface area contributed by atoms with E-state index in [2.05, 4.69) is 32.9 Å². The van der Waals surface area contributed by atoms with Gasteiger partial charge in [0.15, 0.2) is 5.82 Å². The van der Waals surface area contributed by atoms with E-state index in [1.165, 1.54) is 0 Å². The van der Waals surface area contributed by atoms with Gasteiger partial charge >= 0.3 is 0 Å². The minimum absolute atomic E-state index is 0.0340. The van der Waals surface area contributed by atoms with Crippen molar-refractivity contribution in [3.05, 3.63) is 24.2 Å². The van der Waals surface area contributed by atoms with Gasteiger partial charge in [-0.25, -0.2) is 4.99 Å². The van der Waals surface area contributed by atoms with Crippen LogP contribution in [0.3, 0.4) is 0 Å². The predicted octanol–water partition coefficient (Wildman–Crippen LogP) is 1.80. The van der Waals surface area contributed by atoms with E-state index >= 15 is 0 Å². The zero-order valence-electron chi connectivity index (χ0n) is 13.6. The zero-order valence-corrected chi connectivity index (χ0v) is 13.6. The van der Waals surface area contributed by atoms with E-state index in [-0.39, 0.29) is 18.4 Å². The third-order valence-electron chi connectivity index (χ3n) is 5.16. The van der Waals surface area contributed by atoms with Crippen molar-refractivity contribution in [3.63, 3.8) is 0 Å². The molecule has 1 N–H and O–H groups in total. The van der Waals surface area contributed by atoms with Crippen molar-refractivity contribution in [1.29, 1.82) is 5.26 Å². The molecule has 4 rings (SSSR count). The first kappa shape index (κ1) is 14.8. The summed E-state index contributed by atoms with van der Waals surface area (Å²) in [5.74, 6) is 1.32. The first-order chi connectivity index (χ1) is 11.7. The largest absolute Gasteiger partial charge is 0.353 e. The van der Waals surface area contributed by atoms with Crippen LogP contribution in [0, 0.1) is 17.2 Å². The van der Waals surface area contributed by atoms with Gasteiger partial charge in [-0.15, -0.1) is 0 Å². The molecule has 7 nitrogen and oxygen atoms in total. The molecule has 1 fully saturated rings. The number of hydrogen-bond acceptors (Lipinski definition) is 5. The van der Waals surface area contributed by atoms with Crippen molar-refractivity contribution in [2.45, 2.75) is 25.8 Å². The lowest BCUT2D eigenvalue weighted by molar-refractivity contribution is -0.132. The maximum Gasteiger partial charge on any atom is 0.236 e. The number of nitriles is 1.